The first-order valence-corrected chi connectivity index (χ1v) is 9.40. The van der Waals surface area contributed by atoms with Gasteiger partial charge in [-0.2, -0.15) is 0 Å². The molecule has 5 rings (SSSR count). The first kappa shape index (κ1) is 16.1. The number of benzene rings is 3. The second-order valence-electron chi connectivity index (χ2n) is 7.16. The third kappa shape index (κ3) is 2.52. The lowest BCUT2D eigenvalue weighted by Crippen LogP contribution is -2.28. The van der Waals surface area contributed by atoms with E-state index in [-0.39, 0.29) is 5.91 Å². The van der Waals surface area contributed by atoms with Crippen molar-refractivity contribution in [1.29, 1.82) is 0 Å². The van der Waals surface area contributed by atoms with Crippen molar-refractivity contribution in [3.63, 3.8) is 0 Å². The number of fused-ring (bicyclic) bond motifs is 2. The molecule has 1 fully saturated rings. The summed E-state index contributed by atoms with van der Waals surface area (Å²) >= 11 is 0. The summed E-state index contributed by atoms with van der Waals surface area (Å²) in [6.07, 6.45) is 2.12. The highest BCUT2D eigenvalue weighted by atomic mass is 16.5. The summed E-state index contributed by atoms with van der Waals surface area (Å²) in [6, 6.07) is 18.7. The Morgan fingerprint density at radius 1 is 0.963 bits per heavy atom. The first-order chi connectivity index (χ1) is 13.2. The molecule has 134 valence electrons. The Bertz CT molecular complexity index is 1120. The number of likely N-dealkylation sites (tertiary alicyclic amines) is 1. The standard InChI is InChI=1S/C23H20N2O2/c1-15-20(23(26)25-12-6-7-13-25)22(24-27-15)21-18-10-4-2-8-16(18)14-17-9-3-5-11-19(17)21/h2-5,8-11,14H,6-7,12-13H2,1H3. The predicted molar refractivity (Wildman–Crippen MR) is 107 cm³/mol. The summed E-state index contributed by atoms with van der Waals surface area (Å²) in [6.45, 7) is 3.44. The Morgan fingerprint density at radius 2 is 1.56 bits per heavy atom. The molecule has 27 heavy (non-hydrogen) atoms. The van der Waals surface area contributed by atoms with Gasteiger partial charge in [0.1, 0.15) is 17.0 Å². The maximum Gasteiger partial charge on any atom is 0.259 e. The zero-order valence-corrected chi connectivity index (χ0v) is 15.2. The van der Waals surface area contributed by atoms with E-state index in [1.54, 1.807) is 0 Å². The number of hydrogen-bond donors (Lipinski definition) is 0. The molecule has 1 aliphatic heterocycles. The lowest BCUT2D eigenvalue weighted by atomic mass is 9.92. The molecule has 4 aromatic rings. The van der Waals surface area contributed by atoms with Crippen LogP contribution in [-0.4, -0.2) is 29.1 Å². The smallest absolute Gasteiger partial charge is 0.259 e. The summed E-state index contributed by atoms with van der Waals surface area (Å²) < 4.78 is 5.53. The molecule has 4 nitrogen and oxygen atoms in total. The van der Waals surface area contributed by atoms with Crippen LogP contribution in [0.4, 0.5) is 0 Å². The van der Waals surface area contributed by atoms with Crippen LogP contribution in [0.2, 0.25) is 0 Å². The maximum absolute atomic E-state index is 13.2. The zero-order chi connectivity index (χ0) is 18.4. The Labute approximate surface area is 157 Å². The van der Waals surface area contributed by atoms with Gasteiger partial charge in [0.2, 0.25) is 0 Å². The van der Waals surface area contributed by atoms with E-state index in [0.717, 1.165) is 53.0 Å². The third-order valence-electron chi connectivity index (χ3n) is 5.48. The first-order valence-electron chi connectivity index (χ1n) is 9.40. The van der Waals surface area contributed by atoms with E-state index >= 15 is 0 Å². The summed E-state index contributed by atoms with van der Waals surface area (Å²) in [7, 11) is 0. The number of nitrogens with zero attached hydrogens (tertiary/aromatic N) is 2. The van der Waals surface area contributed by atoms with Gasteiger partial charge in [-0.05, 0) is 47.4 Å². The molecule has 0 spiro atoms. The number of rotatable bonds is 2. The van der Waals surface area contributed by atoms with Crippen LogP contribution in [0.5, 0.6) is 0 Å². The van der Waals surface area contributed by atoms with E-state index < -0.39 is 0 Å². The van der Waals surface area contributed by atoms with Gasteiger partial charge < -0.3 is 9.42 Å². The van der Waals surface area contributed by atoms with Crippen LogP contribution >= 0.6 is 0 Å². The van der Waals surface area contributed by atoms with E-state index in [1.807, 2.05) is 36.1 Å². The Balaban J connectivity index is 1.82. The third-order valence-corrected chi connectivity index (χ3v) is 5.48. The molecule has 0 N–H and O–H groups in total. The van der Waals surface area contributed by atoms with Crippen LogP contribution in [0.15, 0.2) is 59.1 Å². The lowest BCUT2D eigenvalue weighted by Gasteiger charge is -2.16. The van der Waals surface area contributed by atoms with E-state index in [2.05, 4.69) is 35.5 Å². The van der Waals surface area contributed by atoms with Crippen molar-refractivity contribution in [3.8, 4) is 11.3 Å². The van der Waals surface area contributed by atoms with E-state index in [0.29, 0.717) is 17.0 Å². The quantitative estimate of drug-likeness (QED) is 0.464. The Morgan fingerprint density at radius 3 is 2.19 bits per heavy atom. The fraction of sp³-hybridized carbons (Fsp3) is 0.217. The summed E-state index contributed by atoms with van der Waals surface area (Å²) in [5.74, 6) is 0.609. The molecule has 1 saturated heterocycles. The molecule has 1 amide bonds. The van der Waals surface area contributed by atoms with Crippen LogP contribution < -0.4 is 0 Å². The minimum atomic E-state index is 0.0262. The fourth-order valence-corrected chi connectivity index (χ4v) is 4.14. The predicted octanol–water partition coefficient (Wildman–Crippen LogP) is 5.19. The van der Waals surface area contributed by atoms with Crippen molar-refractivity contribution < 1.29 is 9.32 Å². The van der Waals surface area contributed by atoms with Gasteiger partial charge in [0.25, 0.3) is 5.91 Å². The van der Waals surface area contributed by atoms with Crippen molar-refractivity contribution in [2.45, 2.75) is 19.8 Å². The molecule has 0 radical (unpaired) electrons. The maximum atomic E-state index is 13.2. The van der Waals surface area contributed by atoms with E-state index in [1.165, 1.54) is 0 Å². The topological polar surface area (TPSA) is 46.3 Å². The molecule has 0 aliphatic carbocycles. The normalized spacial score (nSPS) is 14.3. The highest BCUT2D eigenvalue weighted by Gasteiger charge is 2.29. The number of aryl methyl sites for hydroxylation is 1. The minimum absolute atomic E-state index is 0.0262. The summed E-state index contributed by atoms with van der Waals surface area (Å²) in [5.41, 5.74) is 2.22. The summed E-state index contributed by atoms with van der Waals surface area (Å²) in [4.78, 5) is 15.1. The van der Waals surface area contributed by atoms with E-state index in [9.17, 15) is 4.79 Å². The van der Waals surface area contributed by atoms with Crippen LogP contribution in [0.25, 0.3) is 32.8 Å². The fourth-order valence-electron chi connectivity index (χ4n) is 4.14. The van der Waals surface area contributed by atoms with Gasteiger partial charge in [-0.3, -0.25) is 4.79 Å². The number of carbonyl (C=O) groups excluding carboxylic acids is 1. The van der Waals surface area contributed by atoms with Gasteiger partial charge in [-0.25, -0.2) is 0 Å². The van der Waals surface area contributed by atoms with E-state index in [4.69, 9.17) is 4.52 Å². The molecule has 1 aromatic heterocycles. The average molecular weight is 356 g/mol. The number of amides is 1. The molecule has 0 unspecified atom stereocenters. The van der Waals surface area contributed by atoms with Gasteiger partial charge >= 0.3 is 0 Å². The molecular weight excluding hydrogens is 336 g/mol. The van der Waals surface area contributed by atoms with Gasteiger partial charge in [-0.1, -0.05) is 53.7 Å². The number of hydrogen-bond acceptors (Lipinski definition) is 3. The molecule has 2 heterocycles. The number of aromatic nitrogens is 1. The minimum Gasteiger partial charge on any atom is -0.360 e. The van der Waals surface area contributed by atoms with Crippen molar-refractivity contribution in [1.82, 2.24) is 10.1 Å². The molecule has 1 aliphatic rings. The van der Waals surface area contributed by atoms with Crippen molar-refractivity contribution in [2.75, 3.05) is 13.1 Å². The van der Waals surface area contributed by atoms with Crippen molar-refractivity contribution in [3.05, 3.63) is 65.9 Å². The van der Waals surface area contributed by atoms with Gasteiger partial charge in [0, 0.05) is 18.7 Å². The van der Waals surface area contributed by atoms with Crippen LogP contribution in [-0.2, 0) is 0 Å². The molecule has 3 aromatic carbocycles. The number of carbonyl (C=O) groups is 1. The molecule has 0 atom stereocenters. The highest BCUT2D eigenvalue weighted by Crippen LogP contribution is 2.38. The summed E-state index contributed by atoms with van der Waals surface area (Å²) in [5, 5.41) is 8.78. The van der Waals surface area contributed by atoms with Crippen LogP contribution in [0.3, 0.4) is 0 Å². The van der Waals surface area contributed by atoms with Gasteiger partial charge in [0.05, 0.1) is 0 Å². The lowest BCUT2D eigenvalue weighted by molar-refractivity contribution is 0.0791. The average Bonchev–Trinajstić information content (AvgIpc) is 3.36. The SMILES string of the molecule is Cc1onc(-c2c3ccccc3cc3ccccc23)c1C(=O)N1CCCC1. The largest absolute Gasteiger partial charge is 0.360 e. The molecular formula is C23H20N2O2. The Kier molecular flexibility index (Phi) is 3.71. The monoisotopic (exact) mass is 356 g/mol. The molecule has 0 bridgehead atoms. The van der Waals surface area contributed by atoms with Crippen molar-refractivity contribution in [2.24, 2.45) is 0 Å². The highest BCUT2D eigenvalue weighted by molar-refractivity contribution is 6.15. The van der Waals surface area contributed by atoms with Gasteiger partial charge in [-0.15, -0.1) is 0 Å². The van der Waals surface area contributed by atoms with Crippen LogP contribution in [0, 0.1) is 6.92 Å². The molecule has 4 heteroatoms. The van der Waals surface area contributed by atoms with Crippen LogP contribution in [0.1, 0.15) is 29.0 Å². The van der Waals surface area contributed by atoms with Gasteiger partial charge in [0.15, 0.2) is 0 Å². The second-order valence-corrected chi connectivity index (χ2v) is 7.16. The Hall–Kier alpha value is -3.14. The second kappa shape index (κ2) is 6.23. The van der Waals surface area contributed by atoms with Crippen molar-refractivity contribution >= 4 is 27.5 Å². The molecule has 0 saturated carbocycles. The zero-order valence-electron chi connectivity index (χ0n) is 15.2.